The van der Waals surface area contributed by atoms with Crippen LogP contribution in [0.4, 0.5) is 0 Å². The molecule has 8 heteroatoms. The second kappa shape index (κ2) is 3.81. The Morgan fingerprint density at radius 2 is 1.93 bits per heavy atom. The van der Waals surface area contributed by atoms with Gasteiger partial charge in [-0.1, -0.05) is 0 Å². The van der Waals surface area contributed by atoms with Gasteiger partial charge in [0, 0.05) is 26.1 Å². The van der Waals surface area contributed by atoms with Crippen LogP contribution in [0.15, 0.2) is 0 Å². The molecule has 7 nitrogen and oxygen atoms in total. The summed E-state index contributed by atoms with van der Waals surface area (Å²) in [4.78, 5) is 10.9. The molecule has 0 aliphatic carbocycles. The van der Waals surface area contributed by atoms with E-state index in [4.69, 9.17) is 15.0 Å². The van der Waals surface area contributed by atoms with Crippen molar-refractivity contribution in [2.45, 2.75) is 18.4 Å². The molecule has 1 fully saturated rings. The molecule has 0 atom stereocenters. The van der Waals surface area contributed by atoms with E-state index in [0.717, 1.165) is 0 Å². The summed E-state index contributed by atoms with van der Waals surface area (Å²) in [5, 5.41) is 13.7. The number of nitrogens with one attached hydrogen (secondary N) is 1. The summed E-state index contributed by atoms with van der Waals surface area (Å²) in [6.45, 7) is 0.406. The summed E-state index contributed by atoms with van der Waals surface area (Å²) < 4.78 is 28.4. The highest BCUT2D eigenvalue weighted by Crippen LogP contribution is 2.21. The van der Waals surface area contributed by atoms with Gasteiger partial charge >= 0.3 is 5.97 Å². The third kappa shape index (κ3) is 2.64. The number of rotatable bonds is 3. The van der Waals surface area contributed by atoms with Crippen LogP contribution in [0.2, 0.25) is 0 Å². The summed E-state index contributed by atoms with van der Waals surface area (Å²) in [5.41, 5.74) is -1.51. The Morgan fingerprint density at radius 3 is 2.29 bits per heavy atom. The van der Waals surface area contributed by atoms with Crippen molar-refractivity contribution in [2.75, 3.05) is 13.2 Å². The van der Waals surface area contributed by atoms with E-state index in [9.17, 15) is 13.2 Å². The van der Waals surface area contributed by atoms with Crippen LogP contribution in [-0.4, -0.2) is 38.2 Å². The van der Waals surface area contributed by atoms with E-state index in [2.05, 4.69) is 0 Å². The summed E-state index contributed by atoms with van der Waals surface area (Å²) in [6.07, 6.45) is 0.164. The number of ether oxygens (including phenoxy) is 1. The Labute approximate surface area is 81.4 Å². The molecule has 0 saturated carbocycles. The minimum absolute atomic E-state index is 0.0821. The summed E-state index contributed by atoms with van der Waals surface area (Å²) in [6, 6.07) is 0. The zero-order valence-corrected chi connectivity index (χ0v) is 8.21. The van der Waals surface area contributed by atoms with E-state index in [1.54, 1.807) is 0 Å². The van der Waals surface area contributed by atoms with Crippen molar-refractivity contribution in [1.29, 1.82) is 0 Å². The zero-order valence-electron chi connectivity index (χ0n) is 7.39. The third-order valence-electron chi connectivity index (χ3n) is 2.09. The van der Waals surface area contributed by atoms with Crippen LogP contribution >= 0.6 is 0 Å². The fourth-order valence-corrected chi connectivity index (χ4v) is 2.19. The average molecular weight is 224 g/mol. The van der Waals surface area contributed by atoms with E-state index >= 15 is 0 Å². The lowest BCUT2D eigenvalue weighted by Crippen LogP contribution is -2.58. The lowest BCUT2D eigenvalue weighted by molar-refractivity contribution is -0.147. The maximum Gasteiger partial charge on any atom is 0.325 e. The molecule has 4 N–H and O–H groups in total. The van der Waals surface area contributed by atoms with Crippen molar-refractivity contribution >= 4 is 16.2 Å². The van der Waals surface area contributed by atoms with Crippen LogP contribution in [0.3, 0.4) is 0 Å². The first-order valence-corrected chi connectivity index (χ1v) is 5.53. The van der Waals surface area contributed by atoms with Gasteiger partial charge in [0.05, 0.1) is 0 Å². The maximum atomic E-state index is 10.9. The first-order chi connectivity index (χ1) is 6.36. The van der Waals surface area contributed by atoms with E-state index in [-0.39, 0.29) is 26.1 Å². The molecule has 0 spiro atoms. The van der Waals surface area contributed by atoms with Gasteiger partial charge in [0.25, 0.3) is 10.2 Å². The maximum absolute atomic E-state index is 10.9. The number of carbonyl (C=O) groups is 1. The Balaban J connectivity index is 2.87. The number of hydrogen-bond donors (Lipinski definition) is 3. The predicted octanol–water partition coefficient (Wildman–Crippen LogP) is -1.59. The van der Waals surface area contributed by atoms with Crippen LogP contribution in [0, 0.1) is 0 Å². The van der Waals surface area contributed by atoms with Gasteiger partial charge in [0.1, 0.15) is 5.54 Å². The molecule has 1 saturated heterocycles. The van der Waals surface area contributed by atoms with Gasteiger partial charge in [-0.3, -0.25) is 4.79 Å². The standard InChI is InChI=1S/C6H12N2O5S/c7-14(11,12)8-6(5(9)10)1-3-13-4-2-6/h8H,1-4H2,(H,9,10)(H2,7,11,12). The second-order valence-electron chi connectivity index (χ2n) is 3.15. The predicted molar refractivity (Wildman–Crippen MR) is 46.7 cm³/mol. The smallest absolute Gasteiger partial charge is 0.325 e. The minimum atomic E-state index is -4.01. The SMILES string of the molecule is NS(=O)(=O)NC1(C(=O)O)CCOCC1. The van der Waals surface area contributed by atoms with Crippen molar-refractivity contribution in [3.63, 3.8) is 0 Å². The molecule has 1 rings (SSSR count). The Kier molecular flexibility index (Phi) is 3.10. The van der Waals surface area contributed by atoms with Gasteiger partial charge in [-0.15, -0.1) is 0 Å². The Morgan fingerprint density at radius 1 is 1.43 bits per heavy atom. The molecule has 0 amide bonds. The lowest BCUT2D eigenvalue weighted by Gasteiger charge is -2.32. The lowest BCUT2D eigenvalue weighted by atomic mass is 9.92. The highest BCUT2D eigenvalue weighted by atomic mass is 32.2. The highest BCUT2D eigenvalue weighted by molar-refractivity contribution is 7.87. The first kappa shape index (κ1) is 11.4. The monoisotopic (exact) mass is 224 g/mol. The molecule has 1 aliphatic rings. The van der Waals surface area contributed by atoms with Crippen LogP contribution in [0.25, 0.3) is 0 Å². The summed E-state index contributed by atoms with van der Waals surface area (Å²) in [5.74, 6) is -1.23. The number of nitrogens with two attached hydrogens (primary N) is 1. The molecule has 0 unspecified atom stereocenters. The van der Waals surface area contributed by atoms with Crippen molar-refractivity contribution in [1.82, 2.24) is 4.72 Å². The molecule has 0 aromatic heterocycles. The van der Waals surface area contributed by atoms with E-state index in [0.29, 0.717) is 0 Å². The largest absolute Gasteiger partial charge is 0.480 e. The van der Waals surface area contributed by atoms with Gasteiger partial charge in [0.15, 0.2) is 0 Å². The number of aliphatic carboxylic acids is 1. The normalized spacial score (nSPS) is 21.8. The molecular weight excluding hydrogens is 212 g/mol. The minimum Gasteiger partial charge on any atom is -0.480 e. The fraction of sp³-hybridized carbons (Fsp3) is 0.833. The molecule has 0 bridgehead atoms. The molecule has 1 heterocycles. The van der Waals surface area contributed by atoms with Gasteiger partial charge < -0.3 is 9.84 Å². The van der Waals surface area contributed by atoms with Gasteiger partial charge in [-0.2, -0.15) is 13.1 Å². The third-order valence-corrected chi connectivity index (χ3v) is 2.77. The second-order valence-corrected chi connectivity index (χ2v) is 4.44. The van der Waals surface area contributed by atoms with E-state index in [1.807, 2.05) is 4.72 Å². The van der Waals surface area contributed by atoms with E-state index < -0.39 is 21.7 Å². The zero-order chi connectivity index (χ0) is 10.8. The topological polar surface area (TPSA) is 119 Å². The van der Waals surface area contributed by atoms with Crippen LogP contribution in [0.1, 0.15) is 12.8 Å². The molecule has 0 aromatic rings. The number of carboxylic acid groups (broad SMARTS) is 1. The quantitative estimate of drug-likeness (QED) is 0.534. The molecule has 82 valence electrons. The Bertz CT molecular complexity index is 319. The molecular formula is C6H12N2O5S. The van der Waals surface area contributed by atoms with Gasteiger partial charge in [0.2, 0.25) is 0 Å². The van der Waals surface area contributed by atoms with Gasteiger partial charge in [-0.25, -0.2) is 5.14 Å². The van der Waals surface area contributed by atoms with E-state index in [1.165, 1.54) is 0 Å². The summed E-state index contributed by atoms with van der Waals surface area (Å²) in [7, 11) is -4.01. The van der Waals surface area contributed by atoms with Crippen molar-refractivity contribution < 1.29 is 23.1 Å². The molecule has 1 aliphatic heterocycles. The number of carboxylic acids is 1. The van der Waals surface area contributed by atoms with Crippen LogP contribution in [-0.2, 0) is 19.7 Å². The molecule has 0 aromatic carbocycles. The highest BCUT2D eigenvalue weighted by Gasteiger charge is 2.42. The molecule has 0 radical (unpaired) electrons. The van der Waals surface area contributed by atoms with Gasteiger partial charge in [-0.05, 0) is 0 Å². The van der Waals surface area contributed by atoms with Crippen molar-refractivity contribution in [2.24, 2.45) is 5.14 Å². The average Bonchev–Trinajstić information content (AvgIpc) is 2.02. The summed E-state index contributed by atoms with van der Waals surface area (Å²) >= 11 is 0. The fourth-order valence-electron chi connectivity index (χ4n) is 1.35. The van der Waals surface area contributed by atoms with Crippen molar-refractivity contribution in [3.8, 4) is 0 Å². The van der Waals surface area contributed by atoms with Crippen LogP contribution < -0.4 is 9.86 Å². The van der Waals surface area contributed by atoms with Crippen LogP contribution in [0.5, 0.6) is 0 Å². The Hall–Kier alpha value is -0.700. The van der Waals surface area contributed by atoms with Crippen molar-refractivity contribution in [3.05, 3.63) is 0 Å². The number of hydrogen-bond acceptors (Lipinski definition) is 4. The first-order valence-electron chi connectivity index (χ1n) is 3.99. The molecule has 14 heavy (non-hydrogen) atoms.